The third kappa shape index (κ3) is 4.33. The van der Waals surface area contributed by atoms with E-state index in [1.807, 2.05) is 4.90 Å². The van der Waals surface area contributed by atoms with Crippen LogP contribution in [0.15, 0.2) is 52.3 Å². The van der Waals surface area contributed by atoms with Crippen LogP contribution in [0.2, 0.25) is 5.02 Å². The molecule has 0 amide bonds. The van der Waals surface area contributed by atoms with E-state index in [0.717, 1.165) is 17.4 Å². The Kier molecular flexibility index (Phi) is 6.28. The van der Waals surface area contributed by atoms with E-state index in [1.54, 1.807) is 24.3 Å². The number of anilines is 1. The molecule has 34 heavy (non-hydrogen) atoms. The second-order valence-electron chi connectivity index (χ2n) is 9.07. The van der Waals surface area contributed by atoms with E-state index >= 15 is 0 Å². The van der Waals surface area contributed by atoms with Crippen LogP contribution in [0.4, 0.5) is 5.82 Å². The van der Waals surface area contributed by atoms with Gasteiger partial charge in [0.05, 0.1) is 40.2 Å². The highest BCUT2D eigenvalue weighted by Gasteiger charge is 2.31. The Labute approximate surface area is 201 Å². The predicted molar refractivity (Wildman–Crippen MR) is 130 cm³/mol. The van der Waals surface area contributed by atoms with E-state index < -0.39 is 11.2 Å². The minimum Gasteiger partial charge on any atom is -0.357 e. The number of piperidine rings is 1. The maximum Gasteiger partial charge on any atom is 0.338 e. The van der Waals surface area contributed by atoms with Crippen molar-refractivity contribution in [2.75, 3.05) is 18.0 Å². The van der Waals surface area contributed by atoms with E-state index in [4.69, 9.17) is 11.6 Å². The zero-order valence-electron chi connectivity index (χ0n) is 19.0. The summed E-state index contributed by atoms with van der Waals surface area (Å²) in [4.78, 5) is 33.6. The highest BCUT2D eigenvalue weighted by molar-refractivity contribution is 6.30. The van der Waals surface area contributed by atoms with Gasteiger partial charge in [0.25, 0.3) is 5.56 Å². The SMILES string of the molecule is CC1(C)CCN(c2c(-c3cccc(C#N)c3)c(=O)n(-c3cncc(Cl)c3)c(=O)n2CC#N)CC1. The van der Waals surface area contributed by atoms with Crippen LogP contribution in [0.3, 0.4) is 0 Å². The number of nitriles is 2. The lowest BCUT2D eigenvalue weighted by Crippen LogP contribution is -2.46. The van der Waals surface area contributed by atoms with Gasteiger partial charge in [-0.15, -0.1) is 0 Å². The summed E-state index contributed by atoms with van der Waals surface area (Å²) < 4.78 is 2.32. The number of rotatable bonds is 4. The van der Waals surface area contributed by atoms with Crippen LogP contribution in [-0.4, -0.2) is 27.2 Å². The lowest BCUT2D eigenvalue weighted by atomic mass is 9.82. The predicted octanol–water partition coefficient (Wildman–Crippen LogP) is 3.74. The lowest BCUT2D eigenvalue weighted by molar-refractivity contribution is 0.278. The van der Waals surface area contributed by atoms with Crippen LogP contribution >= 0.6 is 11.6 Å². The van der Waals surface area contributed by atoms with Gasteiger partial charge in [-0.25, -0.2) is 9.36 Å². The Hall–Kier alpha value is -3.88. The summed E-state index contributed by atoms with van der Waals surface area (Å²) in [5.74, 6) is 0.397. The van der Waals surface area contributed by atoms with E-state index in [1.165, 1.54) is 23.0 Å². The smallest absolute Gasteiger partial charge is 0.338 e. The van der Waals surface area contributed by atoms with Crippen LogP contribution in [-0.2, 0) is 6.54 Å². The topological polar surface area (TPSA) is 108 Å². The van der Waals surface area contributed by atoms with Crippen LogP contribution in [0.1, 0.15) is 32.3 Å². The number of benzene rings is 1. The fourth-order valence-electron chi connectivity index (χ4n) is 4.25. The Morgan fingerprint density at radius 2 is 1.85 bits per heavy atom. The quantitative estimate of drug-likeness (QED) is 0.570. The van der Waals surface area contributed by atoms with Crippen molar-refractivity contribution in [3.8, 4) is 29.0 Å². The summed E-state index contributed by atoms with van der Waals surface area (Å²) in [6.45, 7) is 5.39. The number of aromatic nitrogens is 3. The Bertz CT molecular complexity index is 1450. The second kappa shape index (κ2) is 9.17. The molecule has 3 heterocycles. The standard InChI is InChI=1S/C25H23ClN6O2/c1-25(2)6-9-30(10-7-25)22-21(18-5-3-4-17(12-18)14-28)23(33)32(24(34)31(22)11-8-27)20-13-19(26)15-29-16-20/h3-5,12-13,15-16H,6-7,9-11H2,1-2H3. The molecule has 8 nitrogen and oxygen atoms in total. The van der Waals surface area contributed by atoms with Gasteiger partial charge >= 0.3 is 5.69 Å². The van der Waals surface area contributed by atoms with Crippen molar-refractivity contribution in [3.05, 3.63) is 74.1 Å². The third-order valence-electron chi connectivity index (χ3n) is 6.19. The van der Waals surface area contributed by atoms with Gasteiger partial charge in [0.1, 0.15) is 12.4 Å². The molecular weight excluding hydrogens is 452 g/mol. The molecular formula is C25H23ClN6O2. The van der Waals surface area contributed by atoms with Crippen LogP contribution in [0.25, 0.3) is 16.8 Å². The third-order valence-corrected chi connectivity index (χ3v) is 6.40. The first-order valence-electron chi connectivity index (χ1n) is 10.9. The fourth-order valence-corrected chi connectivity index (χ4v) is 4.42. The van der Waals surface area contributed by atoms with Crippen molar-refractivity contribution in [1.82, 2.24) is 14.1 Å². The van der Waals surface area contributed by atoms with Crippen molar-refractivity contribution in [3.63, 3.8) is 0 Å². The number of hydrogen-bond acceptors (Lipinski definition) is 6. The molecule has 1 saturated heterocycles. The highest BCUT2D eigenvalue weighted by Crippen LogP contribution is 2.35. The molecule has 0 spiro atoms. The Morgan fingerprint density at radius 1 is 1.12 bits per heavy atom. The summed E-state index contributed by atoms with van der Waals surface area (Å²) in [5, 5.41) is 19.3. The van der Waals surface area contributed by atoms with Gasteiger partial charge in [-0.1, -0.05) is 37.6 Å². The van der Waals surface area contributed by atoms with Gasteiger partial charge < -0.3 is 4.90 Å². The van der Waals surface area contributed by atoms with Crippen molar-refractivity contribution in [2.45, 2.75) is 33.2 Å². The van der Waals surface area contributed by atoms with E-state index in [2.05, 4.69) is 31.0 Å². The number of nitrogens with zero attached hydrogens (tertiary/aromatic N) is 6. The van der Waals surface area contributed by atoms with E-state index in [0.29, 0.717) is 30.0 Å². The number of halogens is 1. The molecule has 4 rings (SSSR count). The molecule has 1 fully saturated rings. The first-order chi connectivity index (χ1) is 16.3. The minimum absolute atomic E-state index is 0.138. The lowest BCUT2D eigenvalue weighted by Gasteiger charge is -2.39. The Balaban J connectivity index is 2.09. The monoisotopic (exact) mass is 474 g/mol. The van der Waals surface area contributed by atoms with Gasteiger partial charge in [0.15, 0.2) is 0 Å². The molecule has 0 bridgehead atoms. The van der Waals surface area contributed by atoms with Crippen LogP contribution < -0.4 is 16.1 Å². The molecule has 3 aromatic rings. The van der Waals surface area contributed by atoms with Crippen LogP contribution in [0.5, 0.6) is 0 Å². The summed E-state index contributed by atoms with van der Waals surface area (Å²) in [7, 11) is 0. The van der Waals surface area contributed by atoms with Gasteiger partial charge in [0.2, 0.25) is 0 Å². The molecule has 1 aromatic carbocycles. The van der Waals surface area contributed by atoms with Crippen molar-refractivity contribution in [1.29, 1.82) is 10.5 Å². The molecule has 0 N–H and O–H groups in total. The zero-order valence-corrected chi connectivity index (χ0v) is 19.7. The van der Waals surface area contributed by atoms with E-state index in [9.17, 15) is 20.1 Å². The molecule has 9 heteroatoms. The molecule has 0 radical (unpaired) electrons. The Morgan fingerprint density at radius 3 is 2.50 bits per heavy atom. The van der Waals surface area contributed by atoms with Crippen molar-refractivity contribution in [2.24, 2.45) is 5.41 Å². The van der Waals surface area contributed by atoms with Gasteiger partial charge in [-0.3, -0.25) is 14.3 Å². The van der Waals surface area contributed by atoms with Crippen LogP contribution in [0, 0.1) is 28.1 Å². The van der Waals surface area contributed by atoms with Gasteiger partial charge in [-0.05, 0) is 42.0 Å². The molecule has 0 aliphatic carbocycles. The maximum atomic E-state index is 13.9. The fraction of sp³-hybridized carbons (Fsp3) is 0.320. The van der Waals surface area contributed by atoms with Gasteiger partial charge in [-0.2, -0.15) is 10.5 Å². The minimum atomic E-state index is -0.643. The summed E-state index contributed by atoms with van der Waals surface area (Å²) in [5.41, 5.74) is 0.286. The maximum absolute atomic E-state index is 13.9. The zero-order chi connectivity index (χ0) is 24.5. The molecule has 1 aliphatic heterocycles. The normalized spacial score (nSPS) is 14.9. The molecule has 0 saturated carbocycles. The average Bonchev–Trinajstić information content (AvgIpc) is 2.81. The largest absolute Gasteiger partial charge is 0.357 e. The molecule has 1 aliphatic rings. The molecule has 172 valence electrons. The van der Waals surface area contributed by atoms with Crippen molar-refractivity contribution < 1.29 is 0 Å². The van der Waals surface area contributed by atoms with E-state index in [-0.39, 0.29) is 28.2 Å². The first kappa shape index (κ1) is 23.3. The van der Waals surface area contributed by atoms with Crippen molar-refractivity contribution >= 4 is 17.4 Å². The molecule has 0 atom stereocenters. The summed E-state index contributed by atoms with van der Waals surface area (Å²) >= 11 is 6.09. The average molecular weight is 475 g/mol. The second-order valence-corrected chi connectivity index (χ2v) is 9.51. The number of pyridine rings is 1. The van der Waals surface area contributed by atoms with Gasteiger partial charge in [0, 0.05) is 19.3 Å². The molecule has 2 aromatic heterocycles. The molecule has 0 unspecified atom stereocenters. The highest BCUT2D eigenvalue weighted by atomic mass is 35.5. The first-order valence-corrected chi connectivity index (χ1v) is 11.3. The summed E-state index contributed by atoms with van der Waals surface area (Å²) in [6.07, 6.45) is 4.52. The number of hydrogen-bond donors (Lipinski definition) is 0. The summed E-state index contributed by atoms with van der Waals surface area (Å²) in [6, 6.07) is 12.3.